The molecule has 2 heterocycles. The number of nitrogens with zero attached hydrogens (tertiary/aromatic N) is 2. The molecule has 2 N–H and O–H groups in total. The van der Waals surface area contributed by atoms with Crippen molar-refractivity contribution in [1.82, 2.24) is 19.8 Å². The third-order valence-electron chi connectivity index (χ3n) is 3.47. The second-order valence-corrected chi connectivity index (χ2v) is 5.13. The van der Waals surface area contributed by atoms with Crippen LogP contribution < -0.4 is 21.9 Å². The van der Waals surface area contributed by atoms with Crippen LogP contribution in [0.5, 0.6) is 0 Å². The average molecular weight is 334 g/mol. The largest absolute Gasteiger partial charge is 0.459 e. The molecule has 2 rings (SSSR count). The Hall–Kier alpha value is -3.10. The highest BCUT2D eigenvalue weighted by Crippen LogP contribution is 1.98. The molecular weight excluding hydrogens is 316 g/mol. The zero-order valence-corrected chi connectivity index (χ0v) is 13.4. The summed E-state index contributed by atoms with van der Waals surface area (Å²) in [5, 5.41) is 5.15. The van der Waals surface area contributed by atoms with Gasteiger partial charge in [-0.05, 0) is 12.1 Å². The van der Waals surface area contributed by atoms with Gasteiger partial charge in [-0.15, -0.1) is 0 Å². The summed E-state index contributed by atoms with van der Waals surface area (Å²) in [5.74, 6) is -0.546. The lowest BCUT2D eigenvalue weighted by Crippen LogP contribution is -2.39. The Labute approximate surface area is 136 Å². The van der Waals surface area contributed by atoms with Crippen LogP contribution in [-0.2, 0) is 25.4 Å². The zero-order chi connectivity index (χ0) is 17.7. The van der Waals surface area contributed by atoms with Crippen LogP contribution in [0.3, 0.4) is 0 Å². The van der Waals surface area contributed by atoms with Gasteiger partial charge < -0.3 is 15.1 Å². The maximum atomic E-state index is 11.8. The maximum absolute atomic E-state index is 11.8. The molecule has 0 aliphatic carbocycles. The minimum absolute atomic E-state index is 0.0484. The molecule has 2 aromatic heterocycles. The number of hydrogen-bond donors (Lipinski definition) is 2. The van der Waals surface area contributed by atoms with Crippen molar-refractivity contribution in [3.8, 4) is 0 Å². The standard InChI is InChI=1S/C15H18N4O5/c1-18-10(8-13(21)19(2)15(18)23)9-17-12(20)5-6-16-14(22)11-4-3-7-24-11/h3-4,7-8H,5-6,9H2,1-2H3,(H,16,22)(H,17,20). The van der Waals surface area contributed by atoms with E-state index in [4.69, 9.17) is 4.42 Å². The van der Waals surface area contributed by atoms with Crippen molar-refractivity contribution in [2.24, 2.45) is 14.1 Å². The van der Waals surface area contributed by atoms with Crippen LogP contribution in [0.2, 0.25) is 0 Å². The van der Waals surface area contributed by atoms with Gasteiger partial charge in [-0.3, -0.25) is 23.5 Å². The molecule has 0 fully saturated rings. The van der Waals surface area contributed by atoms with Crippen LogP contribution in [0.15, 0.2) is 38.5 Å². The number of nitrogens with one attached hydrogen (secondary N) is 2. The zero-order valence-electron chi connectivity index (χ0n) is 13.4. The third kappa shape index (κ3) is 4.00. The van der Waals surface area contributed by atoms with Gasteiger partial charge in [0.1, 0.15) is 0 Å². The summed E-state index contributed by atoms with van der Waals surface area (Å²) in [7, 11) is 2.90. The predicted octanol–water partition coefficient (Wildman–Crippen LogP) is -0.887. The molecule has 0 saturated heterocycles. The second-order valence-electron chi connectivity index (χ2n) is 5.13. The molecule has 0 saturated carbocycles. The molecule has 24 heavy (non-hydrogen) atoms. The summed E-state index contributed by atoms with van der Waals surface area (Å²) in [4.78, 5) is 46.8. The first-order valence-corrected chi connectivity index (χ1v) is 7.24. The second kappa shape index (κ2) is 7.44. The van der Waals surface area contributed by atoms with Crippen LogP contribution in [0.1, 0.15) is 22.7 Å². The molecule has 0 aliphatic rings. The first kappa shape index (κ1) is 17.3. The molecule has 0 atom stereocenters. The van der Waals surface area contributed by atoms with E-state index in [-0.39, 0.29) is 31.2 Å². The summed E-state index contributed by atoms with van der Waals surface area (Å²) in [5.41, 5.74) is -0.499. The summed E-state index contributed by atoms with van der Waals surface area (Å²) >= 11 is 0. The fraction of sp³-hybridized carbons (Fsp3) is 0.333. The van der Waals surface area contributed by atoms with Crippen LogP contribution >= 0.6 is 0 Å². The quantitative estimate of drug-likeness (QED) is 0.711. The maximum Gasteiger partial charge on any atom is 0.330 e. The number of furan rings is 1. The van der Waals surface area contributed by atoms with Gasteiger partial charge in [-0.1, -0.05) is 0 Å². The van der Waals surface area contributed by atoms with Gasteiger partial charge in [-0.2, -0.15) is 0 Å². The van der Waals surface area contributed by atoms with E-state index in [2.05, 4.69) is 10.6 Å². The van der Waals surface area contributed by atoms with Crippen LogP contribution in [0.25, 0.3) is 0 Å². The van der Waals surface area contributed by atoms with Gasteiger partial charge in [0.25, 0.3) is 11.5 Å². The summed E-state index contributed by atoms with van der Waals surface area (Å²) in [6, 6.07) is 4.40. The van der Waals surface area contributed by atoms with Crippen molar-refractivity contribution < 1.29 is 14.0 Å². The van der Waals surface area contributed by atoms with Gasteiger partial charge in [-0.25, -0.2) is 4.79 Å². The molecule has 9 heteroatoms. The Bertz CT molecular complexity index is 848. The molecule has 128 valence electrons. The van der Waals surface area contributed by atoms with Gasteiger partial charge in [0.15, 0.2) is 5.76 Å². The van der Waals surface area contributed by atoms with E-state index in [1.54, 1.807) is 6.07 Å². The summed E-state index contributed by atoms with van der Waals surface area (Å²) in [6.45, 7) is 0.188. The van der Waals surface area contributed by atoms with E-state index in [0.29, 0.717) is 5.69 Å². The van der Waals surface area contributed by atoms with Crippen LogP contribution in [-0.4, -0.2) is 27.5 Å². The van der Waals surface area contributed by atoms with Crippen molar-refractivity contribution in [1.29, 1.82) is 0 Å². The molecule has 0 aliphatic heterocycles. The highest BCUT2D eigenvalue weighted by atomic mass is 16.3. The third-order valence-corrected chi connectivity index (χ3v) is 3.47. The number of carbonyl (C=O) groups excluding carboxylic acids is 2. The van der Waals surface area contributed by atoms with Crippen molar-refractivity contribution >= 4 is 11.8 Å². The summed E-state index contributed by atoms with van der Waals surface area (Å²) < 4.78 is 7.20. The molecule has 0 radical (unpaired) electrons. The lowest BCUT2D eigenvalue weighted by atomic mass is 10.3. The van der Waals surface area contributed by atoms with Crippen molar-refractivity contribution in [3.63, 3.8) is 0 Å². The number of rotatable bonds is 6. The van der Waals surface area contributed by atoms with Crippen molar-refractivity contribution in [2.75, 3.05) is 6.54 Å². The van der Waals surface area contributed by atoms with E-state index < -0.39 is 17.2 Å². The number of amides is 2. The Morgan fingerprint density at radius 3 is 2.58 bits per heavy atom. The van der Waals surface area contributed by atoms with E-state index in [0.717, 1.165) is 4.57 Å². The van der Waals surface area contributed by atoms with Gasteiger partial charge in [0.05, 0.1) is 12.8 Å². The number of carbonyl (C=O) groups is 2. The van der Waals surface area contributed by atoms with Crippen LogP contribution in [0.4, 0.5) is 0 Å². The lowest BCUT2D eigenvalue weighted by Gasteiger charge is -2.10. The normalized spacial score (nSPS) is 10.4. The number of aromatic nitrogens is 2. The van der Waals surface area contributed by atoms with Gasteiger partial charge >= 0.3 is 5.69 Å². The van der Waals surface area contributed by atoms with Crippen molar-refractivity contribution in [3.05, 3.63) is 56.8 Å². The lowest BCUT2D eigenvalue weighted by molar-refractivity contribution is -0.121. The Morgan fingerprint density at radius 2 is 1.92 bits per heavy atom. The van der Waals surface area contributed by atoms with Gasteiger partial charge in [0.2, 0.25) is 5.91 Å². The highest BCUT2D eigenvalue weighted by Gasteiger charge is 2.10. The molecule has 0 aromatic carbocycles. The SMILES string of the molecule is Cn1c(CNC(=O)CCNC(=O)c2ccco2)cc(=O)n(C)c1=O. The van der Waals surface area contributed by atoms with E-state index in [1.807, 2.05) is 0 Å². The highest BCUT2D eigenvalue weighted by molar-refractivity contribution is 5.91. The smallest absolute Gasteiger partial charge is 0.330 e. The fourth-order valence-electron chi connectivity index (χ4n) is 2.01. The van der Waals surface area contributed by atoms with Crippen molar-refractivity contribution in [2.45, 2.75) is 13.0 Å². The monoisotopic (exact) mass is 334 g/mol. The first-order chi connectivity index (χ1) is 11.4. The van der Waals surface area contributed by atoms with Gasteiger partial charge in [0, 0.05) is 38.8 Å². The average Bonchev–Trinajstić information content (AvgIpc) is 3.09. The minimum Gasteiger partial charge on any atom is -0.459 e. The Morgan fingerprint density at radius 1 is 1.17 bits per heavy atom. The fourth-order valence-corrected chi connectivity index (χ4v) is 2.01. The molecule has 2 amide bonds. The molecule has 0 spiro atoms. The molecule has 0 unspecified atom stereocenters. The molecule has 2 aromatic rings. The van der Waals surface area contributed by atoms with E-state index in [9.17, 15) is 19.2 Å². The molecular formula is C15H18N4O5. The first-order valence-electron chi connectivity index (χ1n) is 7.24. The van der Waals surface area contributed by atoms with Crippen LogP contribution in [0, 0.1) is 0 Å². The summed E-state index contributed by atoms with van der Waals surface area (Å²) in [6.07, 6.45) is 1.45. The Balaban J connectivity index is 1.83. The van der Waals surface area contributed by atoms with E-state index >= 15 is 0 Å². The minimum atomic E-state index is -0.461. The van der Waals surface area contributed by atoms with E-state index in [1.165, 1.54) is 37.1 Å². The predicted molar refractivity (Wildman–Crippen MR) is 84.4 cm³/mol. The molecule has 0 bridgehead atoms. The topological polar surface area (TPSA) is 115 Å². The Kier molecular flexibility index (Phi) is 5.35. The molecule has 9 nitrogen and oxygen atoms in total. The number of hydrogen-bond acceptors (Lipinski definition) is 5.